The van der Waals surface area contributed by atoms with Gasteiger partial charge in [0.1, 0.15) is 0 Å². The van der Waals surface area contributed by atoms with Crippen LogP contribution in [0.2, 0.25) is 0 Å². The fraction of sp³-hybridized carbons (Fsp3) is 0.320. The Morgan fingerprint density at radius 2 is 1.73 bits per heavy atom. The predicted molar refractivity (Wildman–Crippen MR) is 145 cm³/mol. The summed E-state index contributed by atoms with van der Waals surface area (Å²) in [6.07, 6.45) is 5.99. The van der Waals surface area contributed by atoms with Gasteiger partial charge in [-0.2, -0.15) is 5.10 Å². The molecule has 176 valence electrons. The van der Waals surface area contributed by atoms with E-state index in [1.807, 2.05) is 48.1 Å². The first-order chi connectivity index (χ1) is 15.7. The van der Waals surface area contributed by atoms with Crippen LogP contribution >= 0.6 is 24.0 Å². The van der Waals surface area contributed by atoms with Gasteiger partial charge in [-0.25, -0.2) is 9.67 Å². The first-order valence-electron chi connectivity index (χ1n) is 11.2. The number of nitrogens with one attached hydrogen (secondary N) is 3. The summed E-state index contributed by atoms with van der Waals surface area (Å²) in [5.41, 5.74) is 4.22. The summed E-state index contributed by atoms with van der Waals surface area (Å²) in [6, 6.07) is 18.2. The summed E-state index contributed by atoms with van der Waals surface area (Å²) in [4.78, 5) is 16.4. The molecule has 0 saturated carbocycles. The van der Waals surface area contributed by atoms with E-state index in [-0.39, 0.29) is 29.9 Å². The second-order valence-electron chi connectivity index (χ2n) is 7.48. The van der Waals surface area contributed by atoms with Crippen molar-refractivity contribution in [3.05, 3.63) is 78.1 Å². The fourth-order valence-corrected chi connectivity index (χ4v) is 3.22. The zero-order valence-corrected chi connectivity index (χ0v) is 21.6. The number of hydrogen-bond donors (Lipinski definition) is 3. The molecule has 0 radical (unpaired) electrons. The van der Waals surface area contributed by atoms with Gasteiger partial charge in [0.2, 0.25) is 5.91 Å². The summed E-state index contributed by atoms with van der Waals surface area (Å²) in [6.45, 7) is 6.20. The van der Waals surface area contributed by atoms with Gasteiger partial charge in [-0.3, -0.25) is 4.79 Å². The highest BCUT2D eigenvalue weighted by molar-refractivity contribution is 14.0. The molecule has 0 fully saturated rings. The number of anilines is 1. The topological polar surface area (TPSA) is 83.3 Å². The van der Waals surface area contributed by atoms with Crippen LogP contribution in [0.1, 0.15) is 37.8 Å². The van der Waals surface area contributed by atoms with E-state index in [0.717, 1.165) is 48.8 Å². The molecule has 0 spiro atoms. The van der Waals surface area contributed by atoms with Crippen molar-refractivity contribution in [3.63, 3.8) is 0 Å². The summed E-state index contributed by atoms with van der Waals surface area (Å²) in [7, 11) is 0. The zero-order valence-electron chi connectivity index (χ0n) is 19.3. The highest BCUT2D eigenvalue weighted by Crippen LogP contribution is 2.11. The van der Waals surface area contributed by atoms with Crippen molar-refractivity contribution in [1.29, 1.82) is 0 Å². The predicted octanol–water partition coefficient (Wildman–Crippen LogP) is 4.53. The Morgan fingerprint density at radius 1 is 1.00 bits per heavy atom. The summed E-state index contributed by atoms with van der Waals surface area (Å²) in [5, 5.41) is 13.8. The third-order valence-electron chi connectivity index (χ3n) is 4.89. The summed E-state index contributed by atoms with van der Waals surface area (Å²) >= 11 is 0. The van der Waals surface area contributed by atoms with Gasteiger partial charge in [-0.1, -0.05) is 31.2 Å². The van der Waals surface area contributed by atoms with Crippen LogP contribution in [-0.4, -0.2) is 34.7 Å². The van der Waals surface area contributed by atoms with Crippen LogP contribution in [0.5, 0.6) is 0 Å². The van der Waals surface area contributed by atoms with Crippen molar-refractivity contribution < 1.29 is 4.79 Å². The van der Waals surface area contributed by atoms with Gasteiger partial charge < -0.3 is 16.0 Å². The second kappa shape index (κ2) is 14.3. The minimum Gasteiger partial charge on any atom is -0.357 e. The maximum Gasteiger partial charge on any atom is 0.224 e. The van der Waals surface area contributed by atoms with Crippen molar-refractivity contribution in [2.75, 3.05) is 18.4 Å². The number of aliphatic imine (C=N–C) groups is 1. The molecule has 3 N–H and O–H groups in total. The maximum atomic E-state index is 11.7. The van der Waals surface area contributed by atoms with Crippen LogP contribution in [0.25, 0.3) is 5.69 Å². The lowest BCUT2D eigenvalue weighted by atomic mass is 10.1. The smallest absolute Gasteiger partial charge is 0.224 e. The molecule has 7 nitrogen and oxygen atoms in total. The third kappa shape index (κ3) is 8.88. The van der Waals surface area contributed by atoms with Crippen molar-refractivity contribution in [1.82, 2.24) is 20.4 Å². The van der Waals surface area contributed by atoms with E-state index in [0.29, 0.717) is 13.0 Å². The van der Waals surface area contributed by atoms with Crippen molar-refractivity contribution in [2.24, 2.45) is 4.99 Å². The maximum absolute atomic E-state index is 11.7. The zero-order chi connectivity index (χ0) is 22.6. The number of halogens is 1. The molecule has 0 aliphatic heterocycles. The fourth-order valence-electron chi connectivity index (χ4n) is 3.22. The van der Waals surface area contributed by atoms with E-state index in [1.165, 1.54) is 5.56 Å². The Balaban J connectivity index is 0.00000385. The number of rotatable bonds is 10. The number of guanidine groups is 1. The first kappa shape index (κ1) is 26.4. The second-order valence-corrected chi connectivity index (χ2v) is 7.48. The van der Waals surface area contributed by atoms with Gasteiger partial charge >= 0.3 is 0 Å². The van der Waals surface area contributed by atoms with Crippen LogP contribution in [0.4, 0.5) is 5.69 Å². The number of carbonyl (C=O) groups excluding carboxylic acids is 1. The van der Waals surface area contributed by atoms with Gasteiger partial charge in [0.15, 0.2) is 5.96 Å². The molecule has 1 amide bonds. The lowest BCUT2D eigenvalue weighted by Gasteiger charge is -2.12. The highest BCUT2D eigenvalue weighted by atomic mass is 127. The molecule has 3 aromatic rings. The van der Waals surface area contributed by atoms with Crippen molar-refractivity contribution >= 4 is 41.5 Å². The minimum atomic E-state index is 0. The Hall–Kier alpha value is -2.88. The van der Waals surface area contributed by atoms with E-state index in [4.69, 9.17) is 0 Å². The molecular formula is C25H33IN6O. The van der Waals surface area contributed by atoms with Crippen LogP contribution < -0.4 is 16.0 Å². The third-order valence-corrected chi connectivity index (χ3v) is 4.89. The standard InChI is InChI=1S/C25H32N6O.HI/c1-3-6-24(32)30-22-11-7-21(8-12-22)19-28-25(26-4-2)27-17-15-20-9-13-23(14-10-20)31-18-5-16-29-31;/h5,7-14,16,18H,3-4,6,15,17,19H2,1-2H3,(H,30,32)(H2,26,27,28);1H. The number of hydrogen-bond acceptors (Lipinski definition) is 3. The van der Waals surface area contributed by atoms with Crippen molar-refractivity contribution in [2.45, 2.75) is 39.7 Å². The molecule has 0 unspecified atom stereocenters. The summed E-state index contributed by atoms with van der Waals surface area (Å²) < 4.78 is 1.85. The molecule has 8 heteroatoms. The molecular weight excluding hydrogens is 527 g/mol. The number of aromatic nitrogens is 2. The van der Waals surface area contributed by atoms with Crippen LogP contribution in [-0.2, 0) is 17.8 Å². The normalized spacial score (nSPS) is 10.9. The van der Waals surface area contributed by atoms with Gasteiger partial charge in [-0.05, 0) is 61.2 Å². The molecule has 0 bridgehead atoms. The molecule has 1 heterocycles. The van der Waals surface area contributed by atoms with Crippen LogP contribution in [0.3, 0.4) is 0 Å². The van der Waals surface area contributed by atoms with E-state index in [9.17, 15) is 4.79 Å². The van der Waals surface area contributed by atoms with Gasteiger partial charge in [0.25, 0.3) is 0 Å². The molecule has 2 aromatic carbocycles. The monoisotopic (exact) mass is 560 g/mol. The SMILES string of the molecule is CCCC(=O)Nc1ccc(CN=C(NCC)NCCc2ccc(-n3cccn3)cc2)cc1.I. The largest absolute Gasteiger partial charge is 0.357 e. The lowest BCUT2D eigenvalue weighted by molar-refractivity contribution is -0.116. The van der Waals surface area contributed by atoms with E-state index in [1.54, 1.807) is 6.20 Å². The number of amides is 1. The van der Waals surface area contributed by atoms with Crippen LogP contribution in [0, 0.1) is 0 Å². The molecule has 0 aliphatic carbocycles. The van der Waals surface area contributed by atoms with Gasteiger partial charge in [-0.15, -0.1) is 24.0 Å². The Kier molecular flexibility index (Phi) is 11.4. The molecule has 0 aliphatic rings. The molecule has 0 atom stereocenters. The van der Waals surface area contributed by atoms with Gasteiger partial charge in [0.05, 0.1) is 12.2 Å². The number of carbonyl (C=O) groups is 1. The molecule has 3 rings (SSSR count). The highest BCUT2D eigenvalue weighted by Gasteiger charge is 2.02. The summed E-state index contributed by atoms with van der Waals surface area (Å²) in [5.74, 6) is 0.842. The van der Waals surface area contributed by atoms with E-state index in [2.05, 4.69) is 57.2 Å². The Labute approximate surface area is 213 Å². The molecule has 33 heavy (non-hydrogen) atoms. The average Bonchev–Trinajstić information content (AvgIpc) is 3.34. The van der Waals surface area contributed by atoms with Crippen molar-refractivity contribution in [3.8, 4) is 5.69 Å². The molecule has 0 saturated heterocycles. The first-order valence-corrected chi connectivity index (χ1v) is 11.2. The Bertz CT molecular complexity index is 985. The molecule has 1 aromatic heterocycles. The van der Waals surface area contributed by atoms with E-state index < -0.39 is 0 Å². The number of nitrogens with zero attached hydrogens (tertiary/aromatic N) is 3. The lowest BCUT2D eigenvalue weighted by Crippen LogP contribution is -2.38. The average molecular weight is 560 g/mol. The minimum absolute atomic E-state index is 0. The quantitative estimate of drug-likeness (QED) is 0.193. The number of benzene rings is 2. The van der Waals surface area contributed by atoms with E-state index >= 15 is 0 Å². The van der Waals surface area contributed by atoms with Crippen LogP contribution in [0.15, 0.2) is 72.0 Å². The van der Waals surface area contributed by atoms with Gasteiger partial charge in [0, 0.05) is 37.6 Å². The Morgan fingerprint density at radius 3 is 2.36 bits per heavy atom.